The van der Waals surface area contributed by atoms with Crippen LogP contribution in [0.1, 0.15) is 17.3 Å². The van der Waals surface area contributed by atoms with Crippen molar-refractivity contribution in [2.24, 2.45) is 0 Å². The number of aliphatic hydroxyl groups excluding tert-OH is 1. The molecule has 0 aliphatic rings. The number of carbonyl (C=O) groups is 2. The third-order valence-electron chi connectivity index (χ3n) is 3.01. The van der Waals surface area contributed by atoms with Gasteiger partial charge in [-0.05, 0) is 19.1 Å². The van der Waals surface area contributed by atoms with E-state index in [1.165, 1.54) is 22.9 Å². The molecule has 0 saturated heterocycles. The van der Waals surface area contributed by atoms with Crippen LogP contribution < -0.4 is 4.90 Å². The van der Waals surface area contributed by atoms with Gasteiger partial charge in [0.25, 0.3) is 0 Å². The number of carboxylic acid groups (broad SMARTS) is 1. The molecule has 6 nitrogen and oxygen atoms in total. The molecule has 6 heteroatoms. The molecule has 0 saturated carbocycles. The minimum Gasteiger partial charge on any atom is -0.478 e. The summed E-state index contributed by atoms with van der Waals surface area (Å²) in [5.41, 5.74) is 0.375. The monoisotopic (exact) mass is 266 g/mol. The molecule has 0 aliphatic heterocycles. The Bertz CT molecular complexity index is 475. The summed E-state index contributed by atoms with van der Waals surface area (Å²) in [6, 6.07) is 5.56. The Morgan fingerprint density at radius 2 is 1.84 bits per heavy atom. The third kappa shape index (κ3) is 3.23. The second kappa shape index (κ2) is 6.19. The molecule has 2 amide bonds. The Kier molecular flexibility index (Phi) is 4.88. The second-order valence-corrected chi connectivity index (χ2v) is 4.31. The van der Waals surface area contributed by atoms with Gasteiger partial charge in [0.15, 0.2) is 0 Å². The van der Waals surface area contributed by atoms with Gasteiger partial charge in [0.05, 0.1) is 23.9 Å². The van der Waals surface area contributed by atoms with Crippen molar-refractivity contribution in [3.8, 4) is 0 Å². The fourth-order valence-electron chi connectivity index (χ4n) is 1.60. The molecule has 1 aromatic rings. The summed E-state index contributed by atoms with van der Waals surface area (Å²) >= 11 is 0. The smallest absolute Gasteiger partial charge is 0.337 e. The average molecular weight is 266 g/mol. The topological polar surface area (TPSA) is 81.1 Å². The lowest BCUT2D eigenvalue weighted by Crippen LogP contribution is -2.45. The van der Waals surface area contributed by atoms with Gasteiger partial charge in [-0.1, -0.05) is 12.1 Å². The van der Waals surface area contributed by atoms with Gasteiger partial charge in [-0.25, -0.2) is 9.59 Å². The zero-order valence-corrected chi connectivity index (χ0v) is 11.2. The molecule has 19 heavy (non-hydrogen) atoms. The van der Waals surface area contributed by atoms with E-state index < -0.39 is 5.97 Å². The lowest BCUT2D eigenvalue weighted by molar-refractivity contribution is 0.0697. The van der Waals surface area contributed by atoms with E-state index >= 15 is 0 Å². The van der Waals surface area contributed by atoms with Crippen LogP contribution in [0.5, 0.6) is 0 Å². The number of benzene rings is 1. The number of carboxylic acids is 1. The molecule has 0 fully saturated rings. The molecule has 0 heterocycles. The molecule has 1 atom stereocenters. The number of aliphatic hydroxyl groups is 1. The van der Waals surface area contributed by atoms with Gasteiger partial charge in [0.2, 0.25) is 0 Å². The van der Waals surface area contributed by atoms with Crippen molar-refractivity contribution in [3.63, 3.8) is 0 Å². The molecule has 0 aromatic heterocycles. The van der Waals surface area contributed by atoms with Crippen LogP contribution in [0.15, 0.2) is 24.3 Å². The lowest BCUT2D eigenvalue weighted by atomic mass is 10.1. The quantitative estimate of drug-likeness (QED) is 0.859. The first-order valence-electron chi connectivity index (χ1n) is 5.83. The Morgan fingerprint density at radius 3 is 2.37 bits per heavy atom. The molecule has 0 aliphatic carbocycles. The number of amides is 2. The maximum Gasteiger partial charge on any atom is 0.337 e. The van der Waals surface area contributed by atoms with E-state index in [2.05, 4.69) is 0 Å². The van der Waals surface area contributed by atoms with E-state index in [1.54, 1.807) is 32.2 Å². The second-order valence-electron chi connectivity index (χ2n) is 4.31. The van der Waals surface area contributed by atoms with E-state index in [0.717, 1.165) is 0 Å². The number of hydrogen-bond donors (Lipinski definition) is 2. The number of para-hydroxylation sites is 1. The number of carbonyl (C=O) groups excluding carboxylic acids is 1. The first kappa shape index (κ1) is 15.0. The van der Waals surface area contributed by atoms with Gasteiger partial charge in [-0.15, -0.1) is 0 Å². The minimum atomic E-state index is -1.09. The molecular formula is C13H18N2O4. The van der Waals surface area contributed by atoms with Crippen LogP contribution in [-0.2, 0) is 0 Å². The van der Waals surface area contributed by atoms with Crippen LogP contribution in [0, 0.1) is 0 Å². The Hall–Kier alpha value is -2.08. The largest absolute Gasteiger partial charge is 0.478 e. The van der Waals surface area contributed by atoms with Gasteiger partial charge in [0, 0.05) is 14.1 Å². The number of urea groups is 1. The summed E-state index contributed by atoms with van der Waals surface area (Å²) in [7, 11) is 3.06. The minimum absolute atomic E-state index is 0.0587. The van der Waals surface area contributed by atoms with Crippen LogP contribution >= 0.6 is 0 Å². The van der Waals surface area contributed by atoms with Gasteiger partial charge < -0.3 is 15.1 Å². The summed E-state index contributed by atoms with van der Waals surface area (Å²) in [5, 5.41) is 18.1. The predicted octanol–water partition coefficient (Wildman–Crippen LogP) is 1.25. The van der Waals surface area contributed by atoms with Crippen molar-refractivity contribution < 1.29 is 19.8 Å². The van der Waals surface area contributed by atoms with E-state index in [1.807, 2.05) is 0 Å². The zero-order chi connectivity index (χ0) is 14.6. The summed E-state index contributed by atoms with van der Waals surface area (Å²) in [4.78, 5) is 25.9. The molecule has 2 N–H and O–H groups in total. The molecule has 104 valence electrons. The van der Waals surface area contributed by atoms with Crippen molar-refractivity contribution in [2.45, 2.75) is 13.0 Å². The highest BCUT2D eigenvalue weighted by Gasteiger charge is 2.23. The van der Waals surface area contributed by atoms with Crippen LogP contribution in [0.25, 0.3) is 0 Å². The van der Waals surface area contributed by atoms with Crippen molar-refractivity contribution >= 4 is 17.7 Å². The standard InChI is InChI=1S/C13H18N2O4/c1-9(8-16)14(2)13(19)15(3)11-7-5-4-6-10(11)12(17)18/h4-7,9,16H,8H2,1-3H3,(H,17,18). The number of likely N-dealkylation sites (N-methyl/N-ethyl adjacent to an activating group) is 1. The third-order valence-corrected chi connectivity index (χ3v) is 3.01. The maximum absolute atomic E-state index is 12.2. The molecule has 0 radical (unpaired) electrons. The SMILES string of the molecule is CC(CO)N(C)C(=O)N(C)c1ccccc1C(=O)O. The first-order chi connectivity index (χ1) is 8.90. The Labute approximate surface area is 111 Å². The summed E-state index contributed by atoms with van der Waals surface area (Å²) in [5.74, 6) is -1.09. The summed E-state index contributed by atoms with van der Waals surface area (Å²) in [6.45, 7) is 1.55. The van der Waals surface area contributed by atoms with Gasteiger partial charge in [0.1, 0.15) is 0 Å². The van der Waals surface area contributed by atoms with E-state index in [4.69, 9.17) is 10.2 Å². The Morgan fingerprint density at radius 1 is 1.26 bits per heavy atom. The molecule has 0 spiro atoms. The van der Waals surface area contributed by atoms with Gasteiger partial charge >= 0.3 is 12.0 Å². The van der Waals surface area contributed by atoms with E-state index in [-0.39, 0.29) is 24.2 Å². The molecule has 0 bridgehead atoms. The van der Waals surface area contributed by atoms with Crippen LogP contribution in [0.2, 0.25) is 0 Å². The normalized spacial score (nSPS) is 11.8. The highest BCUT2D eigenvalue weighted by molar-refractivity contribution is 6.01. The molecule has 1 unspecified atom stereocenters. The van der Waals surface area contributed by atoms with Gasteiger partial charge in [-0.3, -0.25) is 4.90 Å². The maximum atomic E-state index is 12.2. The van der Waals surface area contributed by atoms with Crippen LogP contribution in [0.4, 0.5) is 10.5 Å². The highest BCUT2D eigenvalue weighted by Crippen LogP contribution is 2.20. The number of nitrogens with zero attached hydrogens (tertiary/aromatic N) is 2. The molecule has 1 rings (SSSR count). The van der Waals surface area contributed by atoms with E-state index in [9.17, 15) is 9.59 Å². The highest BCUT2D eigenvalue weighted by atomic mass is 16.4. The summed E-state index contributed by atoms with van der Waals surface area (Å²) in [6.07, 6.45) is 0. The summed E-state index contributed by atoms with van der Waals surface area (Å²) < 4.78 is 0. The molecular weight excluding hydrogens is 248 g/mol. The number of aromatic carboxylic acids is 1. The van der Waals surface area contributed by atoms with Crippen molar-refractivity contribution in [3.05, 3.63) is 29.8 Å². The number of rotatable bonds is 4. The molecule has 1 aromatic carbocycles. The predicted molar refractivity (Wildman–Crippen MR) is 71.5 cm³/mol. The Balaban J connectivity index is 3.04. The fraction of sp³-hybridized carbons (Fsp3) is 0.385. The van der Waals surface area contributed by atoms with Gasteiger partial charge in [-0.2, -0.15) is 0 Å². The fourth-order valence-corrected chi connectivity index (χ4v) is 1.60. The lowest BCUT2D eigenvalue weighted by Gasteiger charge is -2.29. The van der Waals surface area contributed by atoms with E-state index in [0.29, 0.717) is 5.69 Å². The van der Waals surface area contributed by atoms with Crippen molar-refractivity contribution in [1.82, 2.24) is 4.90 Å². The zero-order valence-electron chi connectivity index (χ0n) is 11.2. The van der Waals surface area contributed by atoms with Crippen LogP contribution in [0.3, 0.4) is 0 Å². The van der Waals surface area contributed by atoms with Crippen LogP contribution in [-0.4, -0.2) is 53.9 Å². The van der Waals surface area contributed by atoms with Crippen molar-refractivity contribution in [2.75, 3.05) is 25.6 Å². The number of anilines is 1. The average Bonchev–Trinajstić information content (AvgIpc) is 2.43. The first-order valence-corrected chi connectivity index (χ1v) is 5.83. The number of hydrogen-bond acceptors (Lipinski definition) is 3. The van der Waals surface area contributed by atoms with Crippen molar-refractivity contribution in [1.29, 1.82) is 0 Å².